The lowest BCUT2D eigenvalue weighted by molar-refractivity contribution is -0.133. The Hall–Kier alpha value is -2.25. The van der Waals surface area contributed by atoms with Gasteiger partial charge in [0, 0.05) is 32.4 Å². The van der Waals surface area contributed by atoms with Crippen molar-refractivity contribution in [2.24, 2.45) is 0 Å². The smallest absolute Gasteiger partial charge is 0.409 e. The Morgan fingerprint density at radius 1 is 1.30 bits per heavy atom. The van der Waals surface area contributed by atoms with E-state index in [1.54, 1.807) is 29.0 Å². The normalized spacial score (nSPS) is 15.2. The number of nitrogens with two attached hydrogens (primary N) is 1. The van der Waals surface area contributed by atoms with Crippen molar-refractivity contribution in [3.63, 3.8) is 0 Å². The predicted octanol–water partition coefficient (Wildman–Crippen LogP) is -0.234. The summed E-state index contributed by atoms with van der Waals surface area (Å²) < 4.78 is 6.44. The molecule has 2 rings (SSSR count). The molecule has 1 saturated heterocycles. The molecule has 0 aliphatic carbocycles. The number of hydrogen-bond acceptors (Lipinski definition) is 5. The summed E-state index contributed by atoms with van der Waals surface area (Å²) in [5.41, 5.74) is 5.50. The van der Waals surface area contributed by atoms with E-state index in [1.807, 2.05) is 0 Å². The van der Waals surface area contributed by atoms with Gasteiger partial charge in [0.05, 0.1) is 6.61 Å². The van der Waals surface area contributed by atoms with Crippen LogP contribution >= 0.6 is 0 Å². The average molecular weight is 281 g/mol. The molecule has 1 aliphatic rings. The molecule has 8 nitrogen and oxygen atoms in total. The van der Waals surface area contributed by atoms with Crippen LogP contribution in [0.15, 0.2) is 12.3 Å². The fourth-order valence-electron chi connectivity index (χ4n) is 2.06. The number of ether oxygens (including phenoxy) is 1. The van der Waals surface area contributed by atoms with Crippen molar-refractivity contribution in [3.8, 4) is 0 Å². The highest BCUT2D eigenvalue weighted by Crippen LogP contribution is 2.05. The van der Waals surface area contributed by atoms with E-state index in [2.05, 4.69) is 5.10 Å². The Kier molecular flexibility index (Phi) is 4.44. The van der Waals surface area contributed by atoms with E-state index in [0.717, 1.165) is 0 Å². The van der Waals surface area contributed by atoms with E-state index in [4.69, 9.17) is 10.5 Å². The summed E-state index contributed by atoms with van der Waals surface area (Å²) in [5.74, 6) is 0.363. The van der Waals surface area contributed by atoms with Crippen LogP contribution in [0.25, 0.3) is 0 Å². The Labute approximate surface area is 117 Å². The second-order valence-corrected chi connectivity index (χ2v) is 4.50. The van der Waals surface area contributed by atoms with Gasteiger partial charge in [-0.1, -0.05) is 0 Å². The summed E-state index contributed by atoms with van der Waals surface area (Å²) in [6, 6.07) is 1.64. The zero-order chi connectivity index (χ0) is 14.5. The molecule has 0 aromatic carbocycles. The molecule has 110 valence electrons. The van der Waals surface area contributed by atoms with Crippen molar-refractivity contribution < 1.29 is 14.3 Å². The summed E-state index contributed by atoms with van der Waals surface area (Å²) in [6.45, 7) is 4.29. The predicted molar refractivity (Wildman–Crippen MR) is 71.8 cm³/mol. The third-order valence-electron chi connectivity index (χ3n) is 3.12. The van der Waals surface area contributed by atoms with E-state index in [0.29, 0.717) is 38.6 Å². The van der Waals surface area contributed by atoms with Gasteiger partial charge in [-0.05, 0) is 13.0 Å². The molecule has 8 heteroatoms. The van der Waals surface area contributed by atoms with E-state index in [9.17, 15) is 9.59 Å². The molecule has 0 radical (unpaired) electrons. The third-order valence-corrected chi connectivity index (χ3v) is 3.12. The van der Waals surface area contributed by atoms with Gasteiger partial charge in [0.25, 0.3) is 0 Å². The number of nitrogens with zero attached hydrogens (tertiary/aromatic N) is 4. The number of carbonyl (C=O) groups is 2. The van der Waals surface area contributed by atoms with Crippen molar-refractivity contribution in [2.75, 3.05) is 38.5 Å². The van der Waals surface area contributed by atoms with Crippen LogP contribution in [-0.4, -0.2) is 64.4 Å². The molecule has 0 spiro atoms. The maximum Gasteiger partial charge on any atom is 0.409 e. The van der Waals surface area contributed by atoms with Crippen molar-refractivity contribution in [2.45, 2.75) is 13.5 Å². The van der Waals surface area contributed by atoms with Crippen LogP contribution < -0.4 is 5.73 Å². The molecule has 1 fully saturated rings. The number of carbonyl (C=O) groups excluding carboxylic acids is 2. The van der Waals surface area contributed by atoms with Crippen molar-refractivity contribution in [1.82, 2.24) is 19.6 Å². The molecule has 2 amide bonds. The fourth-order valence-corrected chi connectivity index (χ4v) is 2.06. The summed E-state index contributed by atoms with van der Waals surface area (Å²) >= 11 is 0. The topological polar surface area (TPSA) is 93.7 Å². The van der Waals surface area contributed by atoms with Crippen LogP contribution in [-0.2, 0) is 16.1 Å². The minimum atomic E-state index is -0.320. The number of nitrogen functional groups attached to an aromatic ring is 1. The highest BCUT2D eigenvalue weighted by molar-refractivity contribution is 5.76. The van der Waals surface area contributed by atoms with Crippen LogP contribution in [0.4, 0.5) is 10.6 Å². The first-order valence-electron chi connectivity index (χ1n) is 6.58. The molecule has 0 bridgehead atoms. The first-order valence-corrected chi connectivity index (χ1v) is 6.58. The minimum absolute atomic E-state index is 0.0309. The molecule has 0 saturated carbocycles. The largest absolute Gasteiger partial charge is 0.450 e. The van der Waals surface area contributed by atoms with Gasteiger partial charge in [0.1, 0.15) is 12.4 Å². The van der Waals surface area contributed by atoms with E-state index < -0.39 is 0 Å². The molecule has 0 atom stereocenters. The molecule has 1 aliphatic heterocycles. The van der Waals surface area contributed by atoms with Crippen LogP contribution in [0, 0.1) is 0 Å². The Morgan fingerprint density at radius 3 is 2.50 bits per heavy atom. The molecule has 2 heterocycles. The van der Waals surface area contributed by atoms with Gasteiger partial charge >= 0.3 is 6.09 Å². The Bertz CT molecular complexity index is 479. The quantitative estimate of drug-likeness (QED) is 0.825. The average Bonchev–Trinajstić information content (AvgIpc) is 2.84. The first-order chi connectivity index (χ1) is 9.60. The second kappa shape index (κ2) is 6.27. The summed E-state index contributed by atoms with van der Waals surface area (Å²) in [7, 11) is 0. The maximum absolute atomic E-state index is 12.1. The maximum atomic E-state index is 12.1. The molecule has 2 N–H and O–H groups in total. The highest BCUT2D eigenvalue weighted by Gasteiger charge is 2.24. The van der Waals surface area contributed by atoms with Gasteiger partial charge in [-0.2, -0.15) is 5.10 Å². The van der Waals surface area contributed by atoms with Gasteiger partial charge in [-0.15, -0.1) is 0 Å². The van der Waals surface area contributed by atoms with Crippen LogP contribution in [0.5, 0.6) is 0 Å². The van der Waals surface area contributed by atoms with E-state index in [1.165, 1.54) is 4.68 Å². The lowest BCUT2D eigenvalue weighted by Gasteiger charge is -2.34. The van der Waals surface area contributed by atoms with Gasteiger partial charge in [-0.25, -0.2) is 4.79 Å². The Morgan fingerprint density at radius 2 is 1.95 bits per heavy atom. The van der Waals surface area contributed by atoms with E-state index >= 15 is 0 Å². The highest BCUT2D eigenvalue weighted by atomic mass is 16.6. The van der Waals surface area contributed by atoms with Crippen LogP contribution in [0.3, 0.4) is 0 Å². The summed E-state index contributed by atoms with van der Waals surface area (Å²) in [6.07, 6.45) is 1.35. The molecule has 20 heavy (non-hydrogen) atoms. The standard InChI is InChI=1S/C12H19N5O3/c1-2-20-12(19)16-7-5-15(6-8-16)11(18)9-17-4-3-10(13)14-17/h3-4H,2,5-9H2,1H3,(H2,13,14). The number of aromatic nitrogens is 2. The molecular weight excluding hydrogens is 262 g/mol. The fraction of sp³-hybridized carbons (Fsp3) is 0.583. The number of hydrogen-bond donors (Lipinski definition) is 1. The minimum Gasteiger partial charge on any atom is -0.450 e. The molecule has 1 aromatic heterocycles. The first kappa shape index (κ1) is 14.2. The zero-order valence-electron chi connectivity index (χ0n) is 11.5. The summed E-state index contributed by atoms with van der Waals surface area (Å²) in [5, 5.41) is 3.98. The van der Waals surface area contributed by atoms with Crippen LogP contribution in [0.2, 0.25) is 0 Å². The van der Waals surface area contributed by atoms with Gasteiger partial charge in [-0.3, -0.25) is 9.48 Å². The molecule has 0 unspecified atom stereocenters. The van der Waals surface area contributed by atoms with Gasteiger partial charge < -0.3 is 20.3 Å². The molecular formula is C12H19N5O3. The van der Waals surface area contributed by atoms with Crippen molar-refractivity contribution in [3.05, 3.63) is 12.3 Å². The molecule has 1 aromatic rings. The van der Waals surface area contributed by atoms with E-state index in [-0.39, 0.29) is 18.5 Å². The third kappa shape index (κ3) is 3.40. The zero-order valence-corrected chi connectivity index (χ0v) is 11.5. The SMILES string of the molecule is CCOC(=O)N1CCN(C(=O)Cn2ccc(N)n2)CC1. The van der Waals surface area contributed by atoms with Crippen LogP contribution in [0.1, 0.15) is 6.92 Å². The van der Waals surface area contributed by atoms with Gasteiger partial charge in [0.15, 0.2) is 0 Å². The summed E-state index contributed by atoms with van der Waals surface area (Å²) in [4.78, 5) is 26.9. The van der Waals surface area contributed by atoms with Gasteiger partial charge in [0.2, 0.25) is 5.91 Å². The lowest BCUT2D eigenvalue weighted by Crippen LogP contribution is -2.51. The number of piperazine rings is 1. The Balaban J connectivity index is 1.81. The van der Waals surface area contributed by atoms with Crippen molar-refractivity contribution >= 4 is 17.8 Å². The number of amides is 2. The number of anilines is 1. The van der Waals surface area contributed by atoms with Crippen molar-refractivity contribution in [1.29, 1.82) is 0 Å². The lowest BCUT2D eigenvalue weighted by atomic mass is 10.3. The second-order valence-electron chi connectivity index (χ2n) is 4.50. The number of rotatable bonds is 3. The monoisotopic (exact) mass is 281 g/mol.